The van der Waals surface area contributed by atoms with Gasteiger partial charge < -0.3 is 20.1 Å². The van der Waals surface area contributed by atoms with Crippen molar-refractivity contribution in [2.45, 2.75) is 18.7 Å². The molecule has 2 aromatic heterocycles. The van der Waals surface area contributed by atoms with Crippen LogP contribution < -0.4 is 15.4 Å². The van der Waals surface area contributed by atoms with Crippen LogP contribution in [0, 0.1) is 5.82 Å². The number of halogens is 3. The number of anilines is 2. The maximum atomic E-state index is 14.1. The summed E-state index contributed by atoms with van der Waals surface area (Å²) in [5.74, 6) is 0.408. The van der Waals surface area contributed by atoms with Gasteiger partial charge in [-0.3, -0.25) is 4.40 Å². The third-order valence-corrected chi connectivity index (χ3v) is 5.56. The van der Waals surface area contributed by atoms with Gasteiger partial charge in [0.2, 0.25) is 0 Å². The van der Waals surface area contributed by atoms with Gasteiger partial charge in [0.15, 0.2) is 17.3 Å². The van der Waals surface area contributed by atoms with Gasteiger partial charge in [-0.2, -0.15) is 0 Å². The van der Waals surface area contributed by atoms with E-state index < -0.39 is 18.0 Å². The van der Waals surface area contributed by atoms with E-state index in [1.807, 2.05) is 30.3 Å². The number of aromatic nitrogens is 2. The van der Waals surface area contributed by atoms with E-state index in [9.17, 15) is 13.2 Å². The Bertz CT molecular complexity index is 1290. The second-order valence-electron chi connectivity index (χ2n) is 7.75. The number of pyridine rings is 1. The summed E-state index contributed by atoms with van der Waals surface area (Å²) in [6.45, 7) is 0.921. The number of rotatable bonds is 8. The first kappa shape index (κ1) is 21.1. The van der Waals surface area contributed by atoms with Crippen LogP contribution in [-0.2, 0) is 17.0 Å². The summed E-state index contributed by atoms with van der Waals surface area (Å²) in [6, 6.07) is 17.7. The van der Waals surface area contributed by atoms with Gasteiger partial charge in [-0.25, -0.2) is 18.2 Å². The minimum Gasteiger partial charge on any atom is -0.494 e. The summed E-state index contributed by atoms with van der Waals surface area (Å²) in [4.78, 5) is 3.94. The molecule has 2 N–H and O–H groups in total. The third kappa shape index (κ3) is 4.19. The van der Waals surface area contributed by atoms with Crippen molar-refractivity contribution in [3.63, 3.8) is 0 Å². The zero-order valence-corrected chi connectivity index (χ0v) is 17.7. The molecule has 9 heteroatoms. The van der Waals surface area contributed by atoms with Gasteiger partial charge in [-0.05, 0) is 42.0 Å². The van der Waals surface area contributed by atoms with Crippen LogP contribution in [0.1, 0.15) is 23.2 Å². The van der Waals surface area contributed by atoms with Crippen LogP contribution in [-0.4, -0.2) is 23.1 Å². The van der Waals surface area contributed by atoms with Crippen LogP contribution in [0.5, 0.6) is 5.75 Å². The van der Waals surface area contributed by atoms with Crippen molar-refractivity contribution < 1.29 is 22.6 Å². The van der Waals surface area contributed by atoms with E-state index in [2.05, 4.69) is 15.6 Å². The maximum absolute atomic E-state index is 14.1. The zero-order valence-electron chi connectivity index (χ0n) is 17.7. The van der Waals surface area contributed by atoms with Gasteiger partial charge in [0.1, 0.15) is 23.8 Å². The highest BCUT2D eigenvalue weighted by molar-refractivity contribution is 5.53. The predicted molar refractivity (Wildman–Crippen MR) is 118 cm³/mol. The number of epoxide rings is 1. The van der Waals surface area contributed by atoms with Crippen molar-refractivity contribution in [1.82, 2.24) is 9.38 Å². The monoisotopic (exact) mass is 454 g/mol. The molecule has 1 atom stereocenters. The lowest BCUT2D eigenvalue weighted by Gasteiger charge is -2.17. The summed E-state index contributed by atoms with van der Waals surface area (Å²) >= 11 is 0. The van der Waals surface area contributed by atoms with E-state index in [4.69, 9.17) is 9.47 Å². The summed E-state index contributed by atoms with van der Waals surface area (Å²) in [5, 5.41) is 6.57. The number of hydrogen-bond acceptors (Lipinski definition) is 5. The fourth-order valence-electron chi connectivity index (χ4n) is 3.71. The SMILES string of the molecule is COc1ccc(C2(Nc3ccc(CNc4cccc5nc(C(F)F)cn45)cc3)CO2)cc1F. The molecule has 0 amide bonds. The average Bonchev–Trinajstić information content (AvgIpc) is 3.45. The van der Waals surface area contributed by atoms with Crippen LogP contribution in [0.25, 0.3) is 5.65 Å². The Balaban J connectivity index is 1.26. The topological polar surface area (TPSA) is 63.1 Å². The van der Waals surface area contributed by atoms with Gasteiger partial charge in [0.05, 0.1) is 7.11 Å². The largest absolute Gasteiger partial charge is 0.494 e. The molecule has 1 fully saturated rings. The average molecular weight is 454 g/mol. The molecular formula is C24H21F3N4O2. The molecule has 0 aliphatic carbocycles. The standard InChI is InChI=1S/C24H21F3N4O2/c1-32-20-10-7-16(11-18(20)25)24(14-33-24)30-17-8-5-15(6-9-17)12-28-21-3-2-4-22-29-19(23(26)27)13-31(21)22/h2-11,13,23,28,30H,12,14H2,1H3. The van der Waals surface area contributed by atoms with E-state index in [-0.39, 0.29) is 11.4 Å². The normalized spacial score (nSPS) is 17.4. The van der Waals surface area contributed by atoms with Crippen molar-refractivity contribution in [2.24, 2.45) is 0 Å². The summed E-state index contributed by atoms with van der Waals surface area (Å²) in [7, 11) is 1.42. The molecule has 1 saturated heterocycles. The number of benzene rings is 2. The Labute approximate surface area is 188 Å². The first-order valence-electron chi connectivity index (χ1n) is 10.3. The Morgan fingerprint density at radius 1 is 1.15 bits per heavy atom. The first-order chi connectivity index (χ1) is 16.0. The Morgan fingerprint density at radius 2 is 1.94 bits per heavy atom. The molecule has 1 aliphatic rings. The molecule has 0 bridgehead atoms. The molecule has 1 unspecified atom stereocenters. The molecule has 0 spiro atoms. The fourth-order valence-corrected chi connectivity index (χ4v) is 3.71. The lowest BCUT2D eigenvalue weighted by molar-refractivity contribution is 0.147. The quantitative estimate of drug-likeness (QED) is 0.353. The molecular weight excluding hydrogens is 433 g/mol. The van der Waals surface area contributed by atoms with Crippen molar-refractivity contribution in [2.75, 3.05) is 24.4 Å². The lowest BCUT2D eigenvalue weighted by Crippen LogP contribution is -2.21. The van der Waals surface area contributed by atoms with Gasteiger partial charge in [-0.15, -0.1) is 0 Å². The molecule has 170 valence electrons. The molecule has 3 heterocycles. The Morgan fingerprint density at radius 3 is 2.61 bits per heavy atom. The van der Waals surface area contributed by atoms with Crippen molar-refractivity contribution >= 4 is 17.2 Å². The van der Waals surface area contributed by atoms with Crippen molar-refractivity contribution in [3.8, 4) is 5.75 Å². The number of imidazole rings is 1. The highest BCUT2D eigenvalue weighted by atomic mass is 19.3. The van der Waals surface area contributed by atoms with Crippen LogP contribution >= 0.6 is 0 Å². The van der Waals surface area contributed by atoms with E-state index >= 15 is 0 Å². The highest BCUT2D eigenvalue weighted by Gasteiger charge is 2.47. The zero-order chi connectivity index (χ0) is 23.0. The number of hydrogen-bond donors (Lipinski definition) is 2. The van der Waals surface area contributed by atoms with E-state index in [0.717, 1.165) is 11.3 Å². The molecule has 0 radical (unpaired) electrons. The number of ether oxygens (including phenoxy) is 2. The smallest absolute Gasteiger partial charge is 0.281 e. The minimum atomic E-state index is -2.62. The maximum Gasteiger partial charge on any atom is 0.281 e. The van der Waals surface area contributed by atoms with Crippen LogP contribution in [0.15, 0.2) is 66.9 Å². The number of nitrogens with one attached hydrogen (secondary N) is 2. The minimum absolute atomic E-state index is 0.184. The van der Waals surface area contributed by atoms with Gasteiger partial charge >= 0.3 is 0 Å². The van der Waals surface area contributed by atoms with Crippen LogP contribution in [0.4, 0.5) is 24.7 Å². The van der Waals surface area contributed by atoms with Crippen LogP contribution in [0.3, 0.4) is 0 Å². The first-order valence-corrected chi connectivity index (χ1v) is 10.3. The second kappa shape index (κ2) is 8.32. The summed E-state index contributed by atoms with van der Waals surface area (Å²) in [5.41, 5.74) is 1.95. The Kier molecular flexibility index (Phi) is 5.33. The highest BCUT2D eigenvalue weighted by Crippen LogP contribution is 2.40. The molecule has 2 aromatic carbocycles. The van der Waals surface area contributed by atoms with Crippen molar-refractivity contribution in [1.29, 1.82) is 0 Å². The summed E-state index contributed by atoms with van der Waals surface area (Å²) in [6.07, 6.45) is -1.28. The molecule has 5 rings (SSSR count). The van der Waals surface area contributed by atoms with Gasteiger partial charge in [0.25, 0.3) is 6.43 Å². The second-order valence-corrected chi connectivity index (χ2v) is 7.75. The molecule has 0 saturated carbocycles. The number of fused-ring (bicyclic) bond motifs is 1. The van der Waals surface area contributed by atoms with E-state index in [0.29, 0.717) is 30.2 Å². The van der Waals surface area contributed by atoms with Crippen molar-refractivity contribution in [3.05, 3.63) is 89.5 Å². The van der Waals surface area contributed by atoms with Gasteiger partial charge in [0, 0.05) is 24.0 Å². The fraction of sp³-hybridized carbons (Fsp3) is 0.208. The number of nitrogens with zero attached hydrogens (tertiary/aromatic N) is 2. The van der Waals surface area contributed by atoms with Crippen LogP contribution in [0.2, 0.25) is 0 Å². The number of alkyl halides is 2. The molecule has 4 aromatic rings. The summed E-state index contributed by atoms with van der Waals surface area (Å²) < 4.78 is 52.3. The molecule has 1 aliphatic heterocycles. The van der Waals surface area contributed by atoms with E-state index in [1.54, 1.807) is 28.7 Å². The predicted octanol–water partition coefficient (Wildman–Crippen LogP) is 5.33. The lowest BCUT2D eigenvalue weighted by atomic mass is 10.1. The molecule has 33 heavy (non-hydrogen) atoms. The van der Waals surface area contributed by atoms with E-state index in [1.165, 1.54) is 19.4 Å². The van der Waals surface area contributed by atoms with Gasteiger partial charge in [-0.1, -0.05) is 24.3 Å². The Hall–Kier alpha value is -3.72. The number of methoxy groups -OCH3 is 1. The molecule has 6 nitrogen and oxygen atoms in total. The third-order valence-electron chi connectivity index (χ3n) is 5.56.